The van der Waals surface area contributed by atoms with Crippen LogP contribution in [0.25, 0.3) is 0 Å². The van der Waals surface area contributed by atoms with Crippen LogP contribution in [0.3, 0.4) is 0 Å². The second kappa shape index (κ2) is 7.08. The summed E-state index contributed by atoms with van der Waals surface area (Å²) in [4.78, 5) is 10.4. The summed E-state index contributed by atoms with van der Waals surface area (Å²) >= 11 is 0. The SMILES string of the molecule is Cc1c(CNCCCC(C)O)cccc1[N+](=O)[O-]. The number of nitro groups is 1. The molecule has 0 aliphatic heterocycles. The average Bonchev–Trinajstić information content (AvgIpc) is 2.30. The molecule has 18 heavy (non-hydrogen) atoms. The highest BCUT2D eigenvalue weighted by molar-refractivity contribution is 5.44. The van der Waals surface area contributed by atoms with Gasteiger partial charge in [-0.05, 0) is 38.8 Å². The van der Waals surface area contributed by atoms with Crippen LogP contribution in [0.2, 0.25) is 0 Å². The Morgan fingerprint density at radius 2 is 2.22 bits per heavy atom. The lowest BCUT2D eigenvalue weighted by Gasteiger charge is -2.08. The predicted octanol–water partition coefficient (Wildman–Crippen LogP) is 2.15. The van der Waals surface area contributed by atoms with Gasteiger partial charge in [0.2, 0.25) is 0 Å². The second-order valence-corrected chi connectivity index (χ2v) is 4.49. The summed E-state index contributed by atoms with van der Waals surface area (Å²) < 4.78 is 0. The largest absolute Gasteiger partial charge is 0.393 e. The molecule has 100 valence electrons. The van der Waals surface area contributed by atoms with E-state index in [2.05, 4.69) is 5.32 Å². The van der Waals surface area contributed by atoms with E-state index in [4.69, 9.17) is 5.11 Å². The number of aliphatic hydroxyl groups excluding tert-OH is 1. The molecular weight excluding hydrogens is 232 g/mol. The van der Waals surface area contributed by atoms with Crippen molar-refractivity contribution < 1.29 is 10.0 Å². The Bertz CT molecular complexity index is 405. The zero-order valence-corrected chi connectivity index (χ0v) is 10.8. The molecule has 0 aliphatic carbocycles. The molecule has 0 heterocycles. The van der Waals surface area contributed by atoms with Crippen LogP contribution in [0, 0.1) is 17.0 Å². The van der Waals surface area contributed by atoms with Gasteiger partial charge >= 0.3 is 0 Å². The van der Waals surface area contributed by atoms with E-state index in [0.29, 0.717) is 12.1 Å². The van der Waals surface area contributed by atoms with Crippen LogP contribution in [-0.2, 0) is 6.54 Å². The van der Waals surface area contributed by atoms with Gasteiger partial charge in [-0.2, -0.15) is 0 Å². The molecule has 0 saturated heterocycles. The molecule has 1 aromatic rings. The van der Waals surface area contributed by atoms with Crippen molar-refractivity contribution in [3.05, 3.63) is 39.4 Å². The van der Waals surface area contributed by atoms with E-state index < -0.39 is 0 Å². The number of nitrogens with one attached hydrogen (secondary N) is 1. The van der Waals surface area contributed by atoms with Gasteiger partial charge in [-0.15, -0.1) is 0 Å². The molecule has 5 nitrogen and oxygen atoms in total. The predicted molar refractivity (Wildman–Crippen MR) is 70.5 cm³/mol. The third-order valence-electron chi connectivity index (χ3n) is 2.90. The van der Waals surface area contributed by atoms with Gasteiger partial charge in [-0.3, -0.25) is 10.1 Å². The molecule has 5 heteroatoms. The van der Waals surface area contributed by atoms with Crippen molar-refractivity contribution in [2.75, 3.05) is 6.54 Å². The number of benzene rings is 1. The third-order valence-corrected chi connectivity index (χ3v) is 2.90. The van der Waals surface area contributed by atoms with Gasteiger partial charge in [0.15, 0.2) is 0 Å². The Hall–Kier alpha value is -1.46. The fourth-order valence-electron chi connectivity index (χ4n) is 1.80. The van der Waals surface area contributed by atoms with Gasteiger partial charge in [-0.25, -0.2) is 0 Å². The summed E-state index contributed by atoms with van der Waals surface area (Å²) in [6.07, 6.45) is 1.39. The zero-order valence-electron chi connectivity index (χ0n) is 10.8. The smallest absolute Gasteiger partial charge is 0.272 e. The van der Waals surface area contributed by atoms with Gasteiger partial charge in [0.25, 0.3) is 5.69 Å². The van der Waals surface area contributed by atoms with Crippen LogP contribution < -0.4 is 5.32 Å². The number of hydrogen-bond acceptors (Lipinski definition) is 4. The van der Waals surface area contributed by atoms with Crippen LogP contribution in [0.1, 0.15) is 30.9 Å². The maximum Gasteiger partial charge on any atom is 0.272 e. The molecule has 1 rings (SSSR count). The van der Waals surface area contributed by atoms with E-state index >= 15 is 0 Å². The minimum atomic E-state index is -0.355. The first kappa shape index (κ1) is 14.6. The lowest BCUT2D eigenvalue weighted by Crippen LogP contribution is -2.17. The average molecular weight is 252 g/mol. The molecule has 1 unspecified atom stereocenters. The van der Waals surface area contributed by atoms with Crippen LogP contribution in [0.15, 0.2) is 18.2 Å². The molecule has 1 aromatic carbocycles. The minimum absolute atomic E-state index is 0.165. The van der Waals surface area contributed by atoms with Crippen molar-refractivity contribution in [1.82, 2.24) is 5.32 Å². The summed E-state index contributed by atoms with van der Waals surface area (Å²) in [6.45, 7) is 4.95. The van der Waals surface area contributed by atoms with Crippen LogP contribution in [0.4, 0.5) is 5.69 Å². The molecular formula is C13H20N2O3. The molecule has 0 amide bonds. The summed E-state index contributed by atoms with van der Waals surface area (Å²) in [5.74, 6) is 0. The molecule has 0 bridgehead atoms. The van der Waals surface area contributed by atoms with E-state index in [1.807, 2.05) is 6.07 Å². The molecule has 2 N–H and O–H groups in total. The summed E-state index contributed by atoms with van der Waals surface area (Å²) in [5, 5.41) is 23.1. The quantitative estimate of drug-likeness (QED) is 0.443. The van der Waals surface area contributed by atoms with Crippen LogP contribution in [0.5, 0.6) is 0 Å². The highest BCUT2D eigenvalue weighted by Gasteiger charge is 2.12. The molecule has 0 saturated carbocycles. The lowest BCUT2D eigenvalue weighted by molar-refractivity contribution is -0.385. The van der Waals surface area contributed by atoms with Gasteiger partial charge in [0.05, 0.1) is 11.0 Å². The number of nitrogens with zero attached hydrogens (tertiary/aromatic N) is 1. The Labute approximate surface area is 107 Å². The first-order valence-electron chi connectivity index (χ1n) is 6.14. The fourth-order valence-corrected chi connectivity index (χ4v) is 1.80. The molecule has 0 spiro atoms. The lowest BCUT2D eigenvalue weighted by atomic mass is 10.1. The van der Waals surface area contributed by atoms with Crippen LogP contribution in [-0.4, -0.2) is 22.7 Å². The number of nitro benzene ring substituents is 1. The van der Waals surface area contributed by atoms with Crippen molar-refractivity contribution in [3.8, 4) is 0 Å². The van der Waals surface area contributed by atoms with Crippen molar-refractivity contribution in [2.45, 2.75) is 39.3 Å². The maximum atomic E-state index is 10.8. The summed E-state index contributed by atoms with van der Waals surface area (Å²) in [6, 6.07) is 5.12. The van der Waals surface area contributed by atoms with E-state index in [1.54, 1.807) is 19.9 Å². The minimum Gasteiger partial charge on any atom is -0.393 e. The molecule has 0 aromatic heterocycles. The van der Waals surface area contributed by atoms with E-state index in [1.165, 1.54) is 6.07 Å². The highest BCUT2D eigenvalue weighted by Crippen LogP contribution is 2.20. The van der Waals surface area contributed by atoms with E-state index in [9.17, 15) is 10.1 Å². The van der Waals surface area contributed by atoms with E-state index in [0.717, 1.165) is 24.9 Å². The standard InChI is InChI=1S/C13H20N2O3/c1-10(16)5-4-8-14-9-12-6-3-7-13(11(12)2)15(17)18/h3,6-7,10,14,16H,4-5,8-9H2,1-2H3. The van der Waals surface area contributed by atoms with Gasteiger partial charge in [0.1, 0.15) is 0 Å². The first-order chi connectivity index (χ1) is 8.52. The monoisotopic (exact) mass is 252 g/mol. The Morgan fingerprint density at radius 3 is 2.83 bits per heavy atom. The fraction of sp³-hybridized carbons (Fsp3) is 0.538. The summed E-state index contributed by atoms with van der Waals surface area (Å²) in [7, 11) is 0. The number of rotatable bonds is 7. The van der Waals surface area contributed by atoms with Crippen molar-refractivity contribution in [2.24, 2.45) is 0 Å². The zero-order chi connectivity index (χ0) is 13.5. The summed E-state index contributed by atoms with van der Waals surface area (Å²) in [5.41, 5.74) is 1.82. The normalized spacial score (nSPS) is 12.4. The Kier molecular flexibility index (Phi) is 5.74. The molecule has 0 fully saturated rings. The number of aliphatic hydroxyl groups is 1. The second-order valence-electron chi connectivity index (χ2n) is 4.49. The first-order valence-corrected chi connectivity index (χ1v) is 6.14. The van der Waals surface area contributed by atoms with Gasteiger partial charge < -0.3 is 10.4 Å². The number of hydrogen-bond donors (Lipinski definition) is 2. The molecule has 0 aliphatic rings. The van der Waals surface area contributed by atoms with E-state index in [-0.39, 0.29) is 16.7 Å². The molecule has 0 radical (unpaired) electrons. The van der Waals surface area contributed by atoms with Gasteiger partial charge in [0, 0.05) is 18.2 Å². The Morgan fingerprint density at radius 1 is 1.50 bits per heavy atom. The van der Waals surface area contributed by atoms with Crippen molar-refractivity contribution >= 4 is 5.69 Å². The van der Waals surface area contributed by atoms with Crippen molar-refractivity contribution in [1.29, 1.82) is 0 Å². The molecule has 1 atom stereocenters. The van der Waals surface area contributed by atoms with Crippen molar-refractivity contribution in [3.63, 3.8) is 0 Å². The third kappa shape index (κ3) is 4.43. The van der Waals surface area contributed by atoms with Crippen LogP contribution >= 0.6 is 0 Å². The highest BCUT2D eigenvalue weighted by atomic mass is 16.6. The topological polar surface area (TPSA) is 75.4 Å². The maximum absolute atomic E-state index is 10.8. The van der Waals surface area contributed by atoms with Gasteiger partial charge in [-0.1, -0.05) is 12.1 Å². The Balaban J connectivity index is 2.48.